The second-order valence-corrected chi connectivity index (χ2v) is 11.2. The number of furan rings is 3. The summed E-state index contributed by atoms with van der Waals surface area (Å²) in [7, 11) is 0. The fourth-order valence-electron chi connectivity index (χ4n) is 6.60. The quantitative estimate of drug-likeness (QED) is 0.213. The van der Waals surface area contributed by atoms with Crippen LogP contribution in [0.2, 0.25) is 0 Å². The van der Waals surface area contributed by atoms with Crippen LogP contribution < -0.4 is 4.90 Å². The lowest BCUT2D eigenvalue weighted by Crippen LogP contribution is -2.10. The Morgan fingerprint density at radius 1 is 0.386 bits per heavy atom. The van der Waals surface area contributed by atoms with E-state index in [1.54, 1.807) is 0 Å². The van der Waals surface area contributed by atoms with Gasteiger partial charge in [-0.3, -0.25) is 0 Å². The predicted molar refractivity (Wildman–Crippen MR) is 178 cm³/mol. The Bertz CT molecular complexity index is 2630. The maximum atomic E-state index is 6.43. The highest BCUT2D eigenvalue weighted by Gasteiger charge is 2.20. The summed E-state index contributed by atoms with van der Waals surface area (Å²) in [6, 6.07) is 43.6. The molecule has 10 rings (SSSR count). The fraction of sp³-hybridized carbons (Fsp3) is 0. The Kier molecular flexibility index (Phi) is 4.66. The Hall–Kier alpha value is -6.07. The summed E-state index contributed by atoms with van der Waals surface area (Å²) < 4.78 is 18.8. The van der Waals surface area contributed by atoms with Gasteiger partial charge in [-0.2, -0.15) is 0 Å². The summed E-state index contributed by atoms with van der Waals surface area (Å²) in [5, 5.41) is 7.59. The molecule has 206 valence electrons. The first-order valence-electron chi connectivity index (χ1n) is 14.6. The summed E-state index contributed by atoms with van der Waals surface area (Å²) in [5.41, 5.74) is 8.72. The highest BCUT2D eigenvalue weighted by molar-refractivity contribution is 6.10. The Balaban J connectivity index is 1.22. The smallest absolute Gasteiger partial charge is 0.155 e. The number of para-hydroxylation sites is 2. The molecule has 0 atom stereocenters. The minimum atomic E-state index is 0.738. The number of benzene rings is 6. The molecule has 5 heteroatoms. The molecule has 0 aliphatic heterocycles. The van der Waals surface area contributed by atoms with Gasteiger partial charge < -0.3 is 18.2 Å². The van der Waals surface area contributed by atoms with Crippen LogP contribution in [0, 0.1) is 0 Å². The first-order valence-corrected chi connectivity index (χ1v) is 14.6. The van der Waals surface area contributed by atoms with E-state index < -0.39 is 0 Å². The van der Waals surface area contributed by atoms with Gasteiger partial charge in [0, 0.05) is 44.4 Å². The van der Waals surface area contributed by atoms with Crippen LogP contribution in [0.25, 0.3) is 76.7 Å². The molecule has 0 N–H and O–H groups in total. The maximum Gasteiger partial charge on any atom is 0.155 e. The van der Waals surface area contributed by atoms with E-state index in [4.69, 9.17) is 18.2 Å². The number of nitrogens with zero attached hydrogens (tertiary/aromatic N) is 2. The molecule has 0 aliphatic rings. The molecule has 0 spiro atoms. The first-order chi connectivity index (χ1) is 21.8. The van der Waals surface area contributed by atoms with Gasteiger partial charge in [-0.15, -0.1) is 0 Å². The first kappa shape index (κ1) is 23.5. The van der Waals surface area contributed by atoms with E-state index in [0.717, 1.165) is 93.8 Å². The molecule has 0 unspecified atom stereocenters. The average Bonchev–Trinajstić information content (AvgIpc) is 3.74. The van der Waals surface area contributed by atoms with Crippen molar-refractivity contribution in [3.63, 3.8) is 0 Å². The minimum absolute atomic E-state index is 0.738. The normalized spacial score (nSPS) is 12.1. The number of fused-ring (bicyclic) bond motifs is 10. The second-order valence-electron chi connectivity index (χ2n) is 11.2. The van der Waals surface area contributed by atoms with Crippen LogP contribution in [0.3, 0.4) is 0 Å². The number of rotatable bonds is 3. The van der Waals surface area contributed by atoms with Gasteiger partial charge in [-0.1, -0.05) is 60.7 Å². The molecule has 0 saturated heterocycles. The van der Waals surface area contributed by atoms with Crippen molar-refractivity contribution in [2.75, 3.05) is 4.90 Å². The molecule has 4 heterocycles. The SMILES string of the molecule is c1ccc2cc3c(cc2c1)oc1cc(N(c2ccc4oc5ccccc5c4c2)c2ccc4oc5ccccc5c4c2)cnc13. The summed E-state index contributed by atoms with van der Waals surface area (Å²) in [5.74, 6) is 0. The molecule has 4 aromatic heterocycles. The zero-order chi connectivity index (χ0) is 28.8. The Morgan fingerprint density at radius 3 is 1.59 bits per heavy atom. The number of anilines is 3. The highest BCUT2D eigenvalue weighted by atomic mass is 16.3. The van der Waals surface area contributed by atoms with Gasteiger partial charge in [0.05, 0.1) is 11.9 Å². The molecular formula is C39H22N2O3. The predicted octanol–water partition coefficient (Wildman–Crippen LogP) is 11.4. The van der Waals surface area contributed by atoms with Crippen molar-refractivity contribution >= 4 is 93.8 Å². The van der Waals surface area contributed by atoms with Crippen molar-refractivity contribution in [1.29, 1.82) is 0 Å². The van der Waals surface area contributed by atoms with Crippen molar-refractivity contribution in [1.82, 2.24) is 4.98 Å². The van der Waals surface area contributed by atoms with Crippen LogP contribution >= 0.6 is 0 Å². The summed E-state index contributed by atoms with van der Waals surface area (Å²) in [6.07, 6.45) is 1.93. The number of hydrogen-bond donors (Lipinski definition) is 0. The van der Waals surface area contributed by atoms with Crippen LogP contribution in [0.15, 0.2) is 147 Å². The maximum absolute atomic E-state index is 6.43. The molecule has 44 heavy (non-hydrogen) atoms. The molecule has 6 aromatic carbocycles. The van der Waals surface area contributed by atoms with Crippen molar-refractivity contribution < 1.29 is 13.3 Å². The third-order valence-electron chi connectivity index (χ3n) is 8.66. The number of aromatic nitrogens is 1. The van der Waals surface area contributed by atoms with E-state index >= 15 is 0 Å². The van der Waals surface area contributed by atoms with Gasteiger partial charge in [0.1, 0.15) is 33.4 Å². The molecule has 0 amide bonds. The monoisotopic (exact) mass is 566 g/mol. The van der Waals surface area contributed by atoms with Crippen LogP contribution in [0.1, 0.15) is 0 Å². The molecule has 0 aliphatic carbocycles. The third kappa shape index (κ3) is 3.38. The zero-order valence-corrected chi connectivity index (χ0v) is 23.3. The average molecular weight is 567 g/mol. The van der Waals surface area contributed by atoms with E-state index in [-0.39, 0.29) is 0 Å². The Morgan fingerprint density at radius 2 is 0.932 bits per heavy atom. The molecule has 0 saturated carbocycles. The van der Waals surface area contributed by atoms with Crippen molar-refractivity contribution in [3.05, 3.63) is 134 Å². The summed E-state index contributed by atoms with van der Waals surface area (Å²) in [4.78, 5) is 7.20. The lowest BCUT2D eigenvalue weighted by Gasteiger charge is -2.25. The number of pyridine rings is 1. The van der Waals surface area contributed by atoms with Crippen molar-refractivity contribution in [2.24, 2.45) is 0 Å². The van der Waals surface area contributed by atoms with Gasteiger partial charge in [0.2, 0.25) is 0 Å². The molecule has 5 nitrogen and oxygen atoms in total. The lowest BCUT2D eigenvalue weighted by atomic mass is 10.1. The van der Waals surface area contributed by atoms with Gasteiger partial charge in [0.25, 0.3) is 0 Å². The molecule has 0 bridgehead atoms. The fourth-order valence-corrected chi connectivity index (χ4v) is 6.60. The summed E-state index contributed by atoms with van der Waals surface area (Å²) >= 11 is 0. The third-order valence-corrected chi connectivity index (χ3v) is 8.66. The summed E-state index contributed by atoms with van der Waals surface area (Å²) in [6.45, 7) is 0. The van der Waals surface area contributed by atoms with E-state index in [1.807, 2.05) is 60.8 Å². The standard InChI is InChI=1S/C39H22N2O3/c1-2-8-24-18-37-32(17-23(24)7-1)39-38(44-37)21-27(22-40-39)41(25-13-15-35-30(19-25)28-9-3-5-11-33(28)42-35)26-14-16-36-31(20-26)29-10-4-6-12-34(29)43-36/h1-22H. The minimum Gasteiger partial charge on any atom is -0.456 e. The van der Waals surface area contributed by atoms with Crippen molar-refractivity contribution in [3.8, 4) is 0 Å². The van der Waals surface area contributed by atoms with Gasteiger partial charge in [0.15, 0.2) is 5.58 Å². The topological polar surface area (TPSA) is 55.6 Å². The lowest BCUT2D eigenvalue weighted by molar-refractivity contribution is 0.668. The van der Waals surface area contributed by atoms with Crippen LogP contribution in [-0.2, 0) is 0 Å². The van der Waals surface area contributed by atoms with Crippen molar-refractivity contribution in [2.45, 2.75) is 0 Å². The molecule has 0 fully saturated rings. The zero-order valence-electron chi connectivity index (χ0n) is 23.3. The van der Waals surface area contributed by atoms with Gasteiger partial charge in [-0.05, 0) is 71.4 Å². The van der Waals surface area contributed by atoms with E-state index in [0.29, 0.717) is 0 Å². The van der Waals surface area contributed by atoms with E-state index in [1.165, 1.54) is 0 Å². The Labute approximate surface area is 250 Å². The molecule has 10 aromatic rings. The van der Waals surface area contributed by atoms with E-state index in [9.17, 15) is 0 Å². The van der Waals surface area contributed by atoms with Crippen LogP contribution in [0.5, 0.6) is 0 Å². The van der Waals surface area contributed by atoms with Gasteiger partial charge in [-0.25, -0.2) is 4.98 Å². The largest absolute Gasteiger partial charge is 0.456 e. The van der Waals surface area contributed by atoms with E-state index in [2.05, 4.69) is 77.7 Å². The highest BCUT2D eigenvalue weighted by Crippen LogP contribution is 2.42. The molecular weight excluding hydrogens is 544 g/mol. The van der Waals surface area contributed by atoms with Crippen LogP contribution in [0.4, 0.5) is 17.1 Å². The van der Waals surface area contributed by atoms with Crippen LogP contribution in [-0.4, -0.2) is 4.98 Å². The molecule has 0 radical (unpaired) electrons. The van der Waals surface area contributed by atoms with Gasteiger partial charge >= 0.3 is 0 Å². The second kappa shape index (κ2) is 8.72. The number of hydrogen-bond acceptors (Lipinski definition) is 5.